The summed E-state index contributed by atoms with van der Waals surface area (Å²) in [6.45, 7) is -0.414. The summed E-state index contributed by atoms with van der Waals surface area (Å²) in [4.78, 5) is 50.4. The highest BCUT2D eigenvalue weighted by Gasteiger charge is 2.36. The number of nitrogens with one attached hydrogen (secondary N) is 1. The van der Waals surface area contributed by atoms with E-state index >= 15 is 0 Å². The average Bonchev–Trinajstić information content (AvgIpc) is 3.02. The number of amides is 3. The number of methoxy groups -OCH3 is 1. The molecule has 34 heavy (non-hydrogen) atoms. The Morgan fingerprint density at radius 1 is 1.09 bits per heavy atom. The molecule has 1 aliphatic heterocycles. The molecular weight excluding hydrogens is 481 g/mol. The van der Waals surface area contributed by atoms with Crippen molar-refractivity contribution in [2.45, 2.75) is 12.6 Å². The lowest BCUT2D eigenvalue weighted by Gasteiger charge is -2.15. The summed E-state index contributed by atoms with van der Waals surface area (Å²) < 4.78 is 49.2. The van der Waals surface area contributed by atoms with E-state index in [9.17, 15) is 32.3 Å². The minimum Gasteiger partial charge on any atom is -0.452 e. The summed E-state index contributed by atoms with van der Waals surface area (Å²) in [7, 11) is 1.49. The number of ether oxygens (including phenoxy) is 2. The molecule has 0 fully saturated rings. The van der Waals surface area contributed by atoms with E-state index in [-0.39, 0.29) is 28.3 Å². The van der Waals surface area contributed by atoms with Crippen LogP contribution in [0.2, 0.25) is 5.02 Å². The van der Waals surface area contributed by atoms with Gasteiger partial charge < -0.3 is 14.8 Å². The van der Waals surface area contributed by atoms with E-state index in [0.717, 1.165) is 17.0 Å². The van der Waals surface area contributed by atoms with Crippen LogP contribution < -0.4 is 5.32 Å². The van der Waals surface area contributed by atoms with Gasteiger partial charge in [-0.25, -0.2) is 4.79 Å². The van der Waals surface area contributed by atoms with Gasteiger partial charge >= 0.3 is 12.1 Å². The largest absolute Gasteiger partial charge is 0.452 e. The van der Waals surface area contributed by atoms with Crippen LogP contribution in [0.15, 0.2) is 36.4 Å². The third-order valence-corrected chi connectivity index (χ3v) is 5.17. The van der Waals surface area contributed by atoms with Crippen LogP contribution in [0.3, 0.4) is 0 Å². The lowest BCUT2D eigenvalue weighted by molar-refractivity contribution is -0.137. The van der Waals surface area contributed by atoms with E-state index in [0.29, 0.717) is 13.0 Å². The third kappa shape index (κ3) is 5.37. The molecule has 0 aliphatic carbocycles. The van der Waals surface area contributed by atoms with Crippen LogP contribution in [-0.2, 0) is 20.4 Å². The van der Waals surface area contributed by atoms with Crippen LogP contribution in [0.5, 0.6) is 0 Å². The van der Waals surface area contributed by atoms with E-state index in [1.54, 1.807) is 0 Å². The third-order valence-electron chi connectivity index (χ3n) is 4.85. The molecule has 0 atom stereocenters. The van der Waals surface area contributed by atoms with Gasteiger partial charge in [0.15, 0.2) is 6.61 Å². The minimum absolute atomic E-state index is 0.00667. The van der Waals surface area contributed by atoms with Gasteiger partial charge in [0.2, 0.25) is 0 Å². The highest BCUT2D eigenvalue weighted by Crippen LogP contribution is 2.38. The van der Waals surface area contributed by atoms with Crippen LogP contribution in [0.4, 0.5) is 18.9 Å². The number of hydrogen-bond acceptors (Lipinski definition) is 6. The first-order chi connectivity index (χ1) is 16.0. The molecule has 0 saturated heterocycles. The number of benzene rings is 2. The molecule has 1 heterocycles. The van der Waals surface area contributed by atoms with Gasteiger partial charge in [-0.05, 0) is 36.8 Å². The van der Waals surface area contributed by atoms with Crippen molar-refractivity contribution in [3.05, 3.63) is 63.7 Å². The van der Waals surface area contributed by atoms with E-state index in [2.05, 4.69) is 0 Å². The molecule has 3 rings (SSSR count). The summed E-state index contributed by atoms with van der Waals surface area (Å²) in [6.07, 6.45) is -4.33. The van der Waals surface area contributed by atoms with E-state index in [1.807, 2.05) is 5.32 Å². The molecule has 0 radical (unpaired) electrons. The number of anilines is 1. The Balaban J connectivity index is 1.66. The zero-order valence-corrected chi connectivity index (χ0v) is 18.5. The maximum Gasteiger partial charge on any atom is 0.418 e. The van der Waals surface area contributed by atoms with Crippen molar-refractivity contribution in [2.75, 3.05) is 32.2 Å². The van der Waals surface area contributed by atoms with Crippen molar-refractivity contribution in [3.8, 4) is 0 Å². The maximum absolute atomic E-state index is 13.1. The first-order valence-corrected chi connectivity index (χ1v) is 10.2. The molecule has 1 aliphatic rings. The summed E-state index contributed by atoms with van der Waals surface area (Å²) in [5, 5.41) is 1.65. The Labute approximate surface area is 196 Å². The van der Waals surface area contributed by atoms with Crippen molar-refractivity contribution < 1.29 is 41.8 Å². The Morgan fingerprint density at radius 3 is 2.47 bits per heavy atom. The van der Waals surface area contributed by atoms with Crippen LogP contribution in [0, 0.1) is 0 Å². The first kappa shape index (κ1) is 25.2. The van der Waals surface area contributed by atoms with Gasteiger partial charge in [0.05, 0.1) is 33.0 Å². The minimum atomic E-state index is -4.77. The number of para-hydroxylation sites is 1. The molecule has 0 unspecified atom stereocenters. The van der Waals surface area contributed by atoms with Gasteiger partial charge in [-0.15, -0.1) is 0 Å². The van der Waals surface area contributed by atoms with Gasteiger partial charge in [0, 0.05) is 20.3 Å². The second-order valence-electron chi connectivity index (χ2n) is 7.15. The predicted molar refractivity (Wildman–Crippen MR) is 114 cm³/mol. The van der Waals surface area contributed by atoms with Crippen molar-refractivity contribution in [3.63, 3.8) is 0 Å². The number of nitrogens with zero attached hydrogens (tertiary/aromatic N) is 1. The first-order valence-electron chi connectivity index (χ1n) is 9.86. The van der Waals surface area contributed by atoms with Crippen LogP contribution in [-0.4, -0.2) is 55.5 Å². The highest BCUT2D eigenvalue weighted by atomic mass is 35.5. The molecule has 8 nitrogen and oxygen atoms in total. The molecule has 2 aromatic carbocycles. The number of hydrogen-bond donors (Lipinski definition) is 1. The molecule has 2 aromatic rings. The number of fused-ring (bicyclic) bond motifs is 1. The van der Waals surface area contributed by atoms with Crippen molar-refractivity contribution in [1.29, 1.82) is 0 Å². The van der Waals surface area contributed by atoms with Gasteiger partial charge in [-0.1, -0.05) is 17.7 Å². The fraction of sp³-hybridized carbons (Fsp3) is 0.273. The lowest BCUT2D eigenvalue weighted by Crippen LogP contribution is -2.31. The average molecular weight is 499 g/mol. The number of alkyl halides is 3. The molecular formula is C22H18ClF3N2O6. The summed E-state index contributed by atoms with van der Waals surface area (Å²) in [6, 6.07) is 6.71. The molecule has 0 bridgehead atoms. The van der Waals surface area contributed by atoms with Crippen LogP contribution in [0.1, 0.15) is 43.1 Å². The number of imide groups is 1. The summed E-state index contributed by atoms with van der Waals surface area (Å²) in [5.74, 6) is -3.15. The molecule has 180 valence electrons. The fourth-order valence-electron chi connectivity index (χ4n) is 3.27. The monoisotopic (exact) mass is 498 g/mol. The second-order valence-corrected chi connectivity index (χ2v) is 7.56. The van der Waals surface area contributed by atoms with Gasteiger partial charge in [-0.2, -0.15) is 13.2 Å². The highest BCUT2D eigenvalue weighted by molar-refractivity contribution is 6.34. The topological polar surface area (TPSA) is 102 Å². The standard InChI is InChI=1S/C22H18ClF3N2O6/c1-33-9-3-8-28-19(30)13-7-6-12(10-14(13)20(28)31)21(32)34-11-17(29)27-18-15(22(24,25)26)4-2-5-16(18)23/h2,4-7,10H,3,8-9,11H2,1H3,(H,27,29). The maximum atomic E-state index is 13.1. The zero-order valence-electron chi connectivity index (χ0n) is 17.7. The van der Waals surface area contributed by atoms with Gasteiger partial charge in [0.25, 0.3) is 17.7 Å². The Bertz CT molecular complexity index is 1150. The van der Waals surface area contributed by atoms with E-state index in [1.165, 1.54) is 31.4 Å². The molecule has 1 N–H and O–H groups in total. The van der Waals surface area contributed by atoms with Crippen LogP contribution in [0.25, 0.3) is 0 Å². The van der Waals surface area contributed by atoms with E-state index in [4.69, 9.17) is 21.1 Å². The smallest absolute Gasteiger partial charge is 0.418 e. The number of rotatable bonds is 8. The molecule has 3 amide bonds. The van der Waals surface area contributed by atoms with E-state index < -0.39 is 47.7 Å². The zero-order chi connectivity index (χ0) is 25.0. The molecule has 0 spiro atoms. The normalized spacial score (nSPS) is 13.1. The van der Waals surface area contributed by atoms with Crippen molar-refractivity contribution in [1.82, 2.24) is 4.90 Å². The quantitative estimate of drug-likeness (QED) is 0.337. The number of halogens is 4. The number of carbonyl (C=O) groups excluding carboxylic acids is 4. The summed E-state index contributed by atoms with van der Waals surface area (Å²) >= 11 is 5.78. The molecule has 12 heteroatoms. The Morgan fingerprint density at radius 2 is 1.79 bits per heavy atom. The van der Waals surface area contributed by atoms with Gasteiger partial charge in [0.1, 0.15) is 0 Å². The number of carbonyl (C=O) groups is 4. The predicted octanol–water partition coefficient (Wildman–Crippen LogP) is 3.79. The Hall–Kier alpha value is -3.44. The Kier molecular flexibility index (Phi) is 7.57. The van der Waals surface area contributed by atoms with Crippen molar-refractivity contribution in [2.24, 2.45) is 0 Å². The fourth-order valence-corrected chi connectivity index (χ4v) is 3.49. The summed E-state index contributed by atoms with van der Waals surface area (Å²) in [5.41, 5.74) is -1.80. The van der Waals surface area contributed by atoms with Crippen molar-refractivity contribution >= 4 is 41.0 Å². The SMILES string of the molecule is COCCCN1C(=O)c2ccc(C(=O)OCC(=O)Nc3c(Cl)cccc3C(F)(F)F)cc2C1=O. The lowest BCUT2D eigenvalue weighted by atomic mass is 10.1. The van der Waals surface area contributed by atoms with Gasteiger partial charge in [-0.3, -0.25) is 19.3 Å². The second kappa shape index (κ2) is 10.2. The number of esters is 1. The molecule has 0 aromatic heterocycles. The van der Waals surface area contributed by atoms with Crippen LogP contribution >= 0.6 is 11.6 Å². The molecule has 0 saturated carbocycles.